The van der Waals surface area contributed by atoms with E-state index in [1.165, 1.54) is 12.1 Å². The van der Waals surface area contributed by atoms with Crippen LogP contribution >= 0.6 is 0 Å². The van der Waals surface area contributed by atoms with Crippen LogP contribution in [0.25, 0.3) is 0 Å². The summed E-state index contributed by atoms with van der Waals surface area (Å²) in [6, 6.07) is 13.8. The number of halogens is 2. The molecule has 1 amide bonds. The van der Waals surface area contributed by atoms with Crippen LogP contribution in [0.5, 0.6) is 0 Å². The molecule has 26 heavy (non-hydrogen) atoms. The van der Waals surface area contributed by atoms with Crippen LogP contribution in [0.4, 0.5) is 8.78 Å². The topological polar surface area (TPSA) is 63.2 Å². The fourth-order valence-corrected chi connectivity index (χ4v) is 3.30. The number of alkyl halides is 2. The van der Waals surface area contributed by atoms with E-state index in [4.69, 9.17) is 0 Å². The third-order valence-electron chi connectivity index (χ3n) is 3.89. The number of carbonyl (C=O) groups excluding carboxylic acids is 1. The molecule has 0 heterocycles. The lowest BCUT2D eigenvalue weighted by atomic mass is 9.96. The summed E-state index contributed by atoms with van der Waals surface area (Å²) in [6.07, 6.45) is 0.730. The maximum Gasteiger partial charge on any atom is 0.341 e. The molecule has 0 radical (unpaired) electrons. The summed E-state index contributed by atoms with van der Waals surface area (Å²) in [5.74, 6) is -3.53. The van der Waals surface area contributed by atoms with E-state index in [-0.39, 0.29) is 17.5 Å². The molecule has 2 aromatic rings. The number of carbonyl (C=O) groups is 1. The molecule has 140 valence electrons. The molecule has 1 N–H and O–H groups in total. The second-order valence-electron chi connectivity index (χ2n) is 6.40. The van der Waals surface area contributed by atoms with Crippen molar-refractivity contribution in [2.24, 2.45) is 5.92 Å². The predicted octanol–water partition coefficient (Wildman–Crippen LogP) is 4.20. The van der Waals surface area contributed by atoms with Crippen LogP contribution in [0.2, 0.25) is 0 Å². The third-order valence-corrected chi connectivity index (χ3v) is 5.29. The molecule has 0 fully saturated rings. The van der Waals surface area contributed by atoms with Gasteiger partial charge in [0, 0.05) is 5.56 Å². The average Bonchev–Trinajstić information content (AvgIpc) is 2.61. The zero-order valence-corrected chi connectivity index (χ0v) is 15.3. The van der Waals surface area contributed by atoms with Gasteiger partial charge in [-0.15, -0.1) is 0 Å². The molecule has 7 heteroatoms. The van der Waals surface area contributed by atoms with Crippen LogP contribution < -0.4 is 5.32 Å². The zero-order valence-electron chi connectivity index (χ0n) is 14.5. The zero-order chi connectivity index (χ0) is 19.3. The summed E-state index contributed by atoms with van der Waals surface area (Å²) in [4.78, 5) is 12.0. The molecule has 0 saturated carbocycles. The van der Waals surface area contributed by atoms with Crippen LogP contribution in [0, 0.1) is 5.92 Å². The second kappa shape index (κ2) is 8.40. The Morgan fingerprint density at radius 1 is 1.00 bits per heavy atom. The van der Waals surface area contributed by atoms with E-state index < -0.39 is 20.5 Å². The van der Waals surface area contributed by atoms with Gasteiger partial charge >= 0.3 is 5.76 Å². The molecular formula is C19H21F2NO3S. The summed E-state index contributed by atoms with van der Waals surface area (Å²) in [5.41, 5.74) is 1.18. The lowest BCUT2D eigenvalue weighted by Gasteiger charge is -2.21. The molecule has 0 aromatic heterocycles. The monoisotopic (exact) mass is 381 g/mol. The summed E-state index contributed by atoms with van der Waals surface area (Å²) >= 11 is 0. The molecular weight excluding hydrogens is 360 g/mol. The van der Waals surface area contributed by atoms with Crippen molar-refractivity contribution in [2.75, 3.05) is 0 Å². The molecule has 1 unspecified atom stereocenters. The first kappa shape index (κ1) is 20.0. The Labute approximate surface area is 152 Å². The molecule has 0 aliphatic heterocycles. The molecule has 0 aliphatic rings. The number of sulfone groups is 1. The smallest absolute Gasteiger partial charge is 0.341 e. The summed E-state index contributed by atoms with van der Waals surface area (Å²) < 4.78 is 48.0. The number of hydrogen-bond acceptors (Lipinski definition) is 3. The number of amides is 1. The first-order chi connectivity index (χ1) is 12.2. The predicted molar refractivity (Wildman–Crippen MR) is 95.7 cm³/mol. The quantitative estimate of drug-likeness (QED) is 0.782. The molecule has 4 nitrogen and oxygen atoms in total. The molecule has 2 aromatic carbocycles. The van der Waals surface area contributed by atoms with E-state index in [1.54, 1.807) is 0 Å². The van der Waals surface area contributed by atoms with Gasteiger partial charge in [-0.25, -0.2) is 8.42 Å². The number of nitrogens with one attached hydrogen (secondary N) is 1. The van der Waals surface area contributed by atoms with Crippen molar-refractivity contribution >= 4 is 15.7 Å². The Morgan fingerprint density at radius 3 is 2.08 bits per heavy atom. The van der Waals surface area contributed by atoms with E-state index in [0.717, 1.165) is 24.1 Å². The first-order valence-corrected chi connectivity index (χ1v) is 9.74. The minimum atomic E-state index is -4.67. The molecule has 0 aliphatic carbocycles. The number of rotatable bonds is 7. The molecule has 2 rings (SSSR count). The lowest BCUT2D eigenvalue weighted by molar-refractivity contribution is 0.0932. The molecule has 0 spiro atoms. The van der Waals surface area contributed by atoms with Crippen molar-refractivity contribution in [1.29, 1.82) is 0 Å². The van der Waals surface area contributed by atoms with E-state index >= 15 is 0 Å². The lowest BCUT2D eigenvalue weighted by Crippen LogP contribution is -2.29. The second-order valence-corrected chi connectivity index (χ2v) is 8.31. The normalized spacial score (nSPS) is 13.0. The van der Waals surface area contributed by atoms with Crippen molar-refractivity contribution in [2.45, 2.75) is 37.0 Å². The molecule has 0 bridgehead atoms. The standard InChI is InChI=1S/C19H21F2NO3S/c1-13(2)12-17(14-6-4-3-5-7-14)22-18(23)15-8-10-16(11-9-15)26(24,25)19(20)21/h3-11,13,17,19H,12H2,1-2H3,(H,22,23). The fourth-order valence-electron chi connectivity index (χ4n) is 2.58. The van der Waals surface area contributed by atoms with E-state index in [0.29, 0.717) is 5.92 Å². The van der Waals surface area contributed by atoms with Crippen LogP contribution in [0.15, 0.2) is 59.5 Å². The summed E-state index contributed by atoms with van der Waals surface area (Å²) in [6.45, 7) is 4.10. The van der Waals surface area contributed by atoms with Gasteiger partial charge in [0.15, 0.2) is 0 Å². The highest BCUT2D eigenvalue weighted by atomic mass is 32.2. The van der Waals surface area contributed by atoms with Crippen molar-refractivity contribution in [3.05, 3.63) is 65.7 Å². The highest BCUT2D eigenvalue weighted by Crippen LogP contribution is 2.22. The van der Waals surface area contributed by atoms with Gasteiger partial charge in [-0.1, -0.05) is 44.2 Å². The maximum absolute atomic E-state index is 12.6. The first-order valence-electron chi connectivity index (χ1n) is 8.19. The van der Waals surface area contributed by atoms with Crippen LogP contribution in [0.3, 0.4) is 0 Å². The van der Waals surface area contributed by atoms with Gasteiger partial charge in [0.25, 0.3) is 5.91 Å². The molecule has 1 atom stereocenters. The minimum absolute atomic E-state index is 0.201. The van der Waals surface area contributed by atoms with Gasteiger partial charge in [0.2, 0.25) is 9.84 Å². The van der Waals surface area contributed by atoms with Crippen LogP contribution in [0.1, 0.15) is 42.2 Å². The highest BCUT2D eigenvalue weighted by Gasteiger charge is 2.26. The largest absolute Gasteiger partial charge is 0.345 e. The Morgan fingerprint density at radius 2 is 1.58 bits per heavy atom. The highest BCUT2D eigenvalue weighted by molar-refractivity contribution is 7.91. The van der Waals surface area contributed by atoms with Crippen molar-refractivity contribution in [3.8, 4) is 0 Å². The Balaban J connectivity index is 2.19. The van der Waals surface area contributed by atoms with Gasteiger partial charge in [0.05, 0.1) is 10.9 Å². The SMILES string of the molecule is CC(C)CC(NC(=O)c1ccc(S(=O)(=O)C(F)F)cc1)c1ccccc1. The van der Waals surface area contributed by atoms with Gasteiger partial charge in [-0.3, -0.25) is 4.79 Å². The van der Waals surface area contributed by atoms with E-state index in [2.05, 4.69) is 5.32 Å². The van der Waals surface area contributed by atoms with Crippen LogP contribution in [-0.2, 0) is 9.84 Å². The maximum atomic E-state index is 12.6. The Bertz CT molecular complexity index is 835. The summed E-state index contributed by atoms with van der Waals surface area (Å²) in [7, 11) is -4.67. The van der Waals surface area contributed by atoms with Gasteiger partial charge in [-0.2, -0.15) is 8.78 Å². The Hall–Kier alpha value is -2.28. The Kier molecular flexibility index (Phi) is 6.47. The molecule has 0 saturated heterocycles. The number of benzene rings is 2. The minimum Gasteiger partial charge on any atom is -0.345 e. The van der Waals surface area contributed by atoms with Gasteiger partial charge in [0.1, 0.15) is 0 Å². The number of hydrogen-bond donors (Lipinski definition) is 1. The van der Waals surface area contributed by atoms with Crippen molar-refractivity contribution in [1.82, 2.24) is 5.32 Å². The van der Waals surface area contributed by atoms with E-state index in [1.807, 2.05) is 44.2 Å². The van der Waals surface area contributed by atoms with Crippen molar-refractivity contribution in [3.63, 3.8) is 0 Å². The summed E-state index contributed by atoms with van der Waals surface area (Å²) in [5, 5.41) is 2.93. The van der Waals surface area contributed by atoms with Gasteiger partial charge in [-0.05, 0) is 42.2 Å². The third kappa shape index (κ3) is 4.88. The van der Waals surface area contributed by atoms with E-state index in [9.17, 15) is 22.0 Å². The van der Waals surface area contributed by atoms with Crippen LogP contribution in [-0.4, -0.2) is 20.1 Å². The van der Waals surface area contributed by atoms with Gasteiger partial charge < -0.3 is 5.32 Å². The average molecular weight is 381 g/mol. The fraction of sp³-hybridized carbons (Fsp3) is 0.316. The van der Waals surface area contributed by atoms with Crippen molar-refractivity contribution < 1.29 is 22.0 Å².